The minimum absolute atomic E-state index is 0.125. The number of hydrogen-bond donors (Lipinski definition) is 0. The second-order valence-electron chi connectivity index (χ2n) is 9.07. The molecule has 4 aromatic rings. The zero-order valence-corrected chi connectivity index (χ0v) is 21.1. The van der Waals surface area contributed by atoms with Gasteiger partial charge in [-0.15, -0.1) is 0 Å². The molecule has 3 heterocycles. The number of anilines is 1. The Morgan fingerprint density at radius 2 is 1.61 bits per heavy atom. The van der Waals surface area contributed by atoms with E-state index in [0.29, 0.717) is 12.8 Å². The molecular weight excluding hydrogens is 468 g/mol. The summed E-state index contributed by atoms with van der Waals surface area (Å²) in [6, 6.07) is 20.3. The molecule has 2 aromatic heterocycles. The van der Waals surface area contributed by atoms with Gasteiger partial charge in [-0.25, -0.2) is 9.97 Å². The zero-order valence-electron chi connectivity index (χ0n) is 20.3. The van der Waals surface area contributed by atoms with Gasteiger partial charge in [0.05, 0.1) is 11.3 Å². The fourth-order valence-electron chi connectivity index (χ4n) is 4.47. The average molecular weight is 497 g/mol. The number of rotatable bonds is 7. The van der Waals surface area contributed by atoms with Crippen LogP contribution < -0.4 is 4.90 Å². The van der Waals surface area contributed by atoms with Gasteiger partial charge >= 0.3 is 0 Å². The van der Waals surface area contributed by atoms with E-state index in [9.17, 15) is 9.59 Å². The van der Waals surface area contributed by atoms with Crippen molar-refractivity contribution in [3.05, 3.63) is 100 Å². The number of Topliss-reactive ketones (excluding diaryl/α,β-unsaturated/α-hetero) is 1. The van der Waals surface area contributed by atoms with Crippen LogP contribution >= 0.6 is 11.3 Å². The topological polar surface area (TPSA) is 66.4 Å². The maximum Gasteiger partial charge on any atom is 0.254 e. The lowest BCUT2D eigenvalue weighted by molar-refractivity contribution is -0.116. The number of piperazine rings is 1. The maximum atomic E-state index is 12.6. The number of aromatic nitrogens is 2. The van der Waals surface area contributed by atoms with Crippen molar-refractivity contribution in [1.82, 2.24) is 14.9 Å². The van der Waals surface area contributed by atoms with Crippen molar-refractivity contribution in [1.29, 1.82) is 0 Å². The molecule has 182 valence electrons. The number of carbonyl (C=O) groups excluding carboxylic acids is 2. The Labute approximate surface area is 215 Å². The summed E-state index contributed by atoms with van der Waals surface area (Å²) >= 11 is 1.56. The molecule has 0 aliphatic carbocycles. The van der Waals surface area contributed by atoms with Crippen LogP contribution in [0, 0.1) is 0 Å². The van der Waals surface area contributed by atoms with Gasteiger partial charge in [-0.1, -0.05) is 36.4 Å². The Morgan fingerprint density at radius 3 is 2.28 bits per heavy atom. The predicted octanol–water partition coefficient (Wildman–Crippen LogP) is 4.89. The molecule has 1 fully saturated rings. The van der Waals surface area contributed by atoms with Gasteiger partial charge in [0.2, 0.25) is 0 Å². The van der Waals surface area contributed by atoms with Crippen molar-refractivity contribution >= 4 is 28.7 Å². The van der Waals surface area contributed by atoms with Crippen molar-refractivity contribution in [2.45, 2.75) is 19.8 Å². The summed E-state index contributed by atoms with van der Waals surface area (Å²) in [5.41, 5.74) is 6.00. The Hall–Kier alpha value is -3.84. The first-order chi connectivity index (χ1) is 17.5. The summed E-state index contributed by atoms with van der Waals surface area (Å²) in [5, 5.41) is 3.86. The lowest BCUT2D eigenvalue weighted by Gasteiger charge is -2.36. The summed E-state index contributed by atoms with van der Waals surface area (Å²) in [5.74, 6) is 1.05. The highest BCUT2D eigenvalue weighted by molar-refractivity contribution is 7.08. The van der Waals surface area contributed by atoms with Gasteiger partial charge in [-0.3, -0.25) is 9.59 Å². The molecule has 0 unspecified atom stereocenters. The maximum absolute atomic E-state index is 12.6. The highest BCUT2D eigenvalue weighted by atomic mass is 32.1. The SMILES string of the molecule is CC(=O)Cc1ccc(-c2ccnc(Cc3ccc(N4CCN(C(=O)c5ccsc5)CC4)cc3)n2)cc1. The van der Waals surface area contributed by atoms with E-state index >= 15 is 0 Å². The highest BCUT2D eigenvalue weighted by Crippen LogP contribution is 2.21. The number of nitrogens with zero attached hydrogens (tertiary/aromatic N) is 4. The van der Waals surface area contributed by atoms with Gasteiger partial charge in [0.25, 0.3) is 5.91 Å². The third-order valence-corrected chi connectivity index (χ3v) is 7.09. The predicted molar refractivity (Wildman–Crippen MR) is 144 cm³/mol. The molecule has 0 radical (unpaired) electrons. The van der Waals surface area contributed by atoms with Gasteiger partial charge < -0.3 is 9.80 Å². The van der Waals surface area contributed by atoms with E-state index in [2.05, 4.69) is 34.1 Å². The quantitative estimate of drug-likeness (QED) is 0.365. The molecule has 0 spiro atoms. The van der Waals surface area contributed by atoms with E-state index in [1.807, 2.05) is 52.1 Å². The number of thiophene rings is 1. The Balaban J connectivity index is 1.19. The largest absolute Gasteiger partial charge is 0.368 e. The van der Waals surface area contributed by atoms with Crippen molar-refractivity contribution in [2.24, 2.45) is 0 Å². The first-order valence-corrected chi connectivity index (χ1v) is 13.1. The molecule has 0 N–H and O–H groups in total. The fraction of sp³-hybridized carbons (Fsp3) is 0.241. The fourth-order valence-corrected chi connectivity index (χ4v) is 5.10. The first kappa shape index (κ1) is 23.9. The van der Waals surface area contributed by atoms with Crippen LogP contribution in [-0.4, -0.2) is 52.7 Å². The molecule has 0 saturated carbocycles. The zero-order chi connectivity index (χ0) is 24.9. The van der Waals surface area contributed by atoms with Gasteiger partial charge in [-0.05, 0) is 47.7 Å². The minimum atomic E-state index is 0.125. The molecule has 1 amide bonds. The molecular formula is C29H28N4O2S. The highest BCUT2D eigenvalue weighted by Gasteiger charge is 2.22. The summed E-state index contributed by atoms with van der Waals surface area (Å²) < 4.78 is 0. The molecule has 7 heteroatoms. The van der Waals surface area contributed by atoms with E-state index in [1.165, 1.54) is 5.69 Å². The number of amides is 1. The van der Waals surface area contributed by atoms with Crippen LogP contribution in [-0.2, 0) is 17.6 Å². The summed E-state index contributed by atoms with van der Waals surface area (Å²) in [6.07, 6.45) is 2.90. The van der Waals surface area contributed by atoms with E-state index in [4.69, 9.17) is 4.98 Å². The van der Waals surface area contributed by atoms with Crippen LogP contribution in [0.15, 0.2) is 77.6 Å². The van der Waals surface area contributed by atoms with Crippen LogP contribution in [0.3, 0.4) is 0 Å². The van der Waals surface area contributed by atoms with Gasteiger partial charge in [0.15, 0.2) is 0 Å². The van der Waals surface area contributed by atoms with Crippen LogP contribution in [0.2, 0.25) is 0 Å². The summed E-state index contributed by atoms with van der Waals surface area (Å²) in [6.45, 7) is 4.71. The van der Waals surface area contributed by atoms with Crippen LogP contribution in [0.1, 0.15) is 34.2 Å². The van der Waals surface area contributed by atoms with Gasteiger partial charge in [0, 0.05) is 61.8 Å². The van der Waals surface area contributed by atoms with Gasteiger partial charge in [0.1, 0.15) is 11.6 Å². The lowest BCUT2D eigenvalue weighted by Crippen LogP contribution is -2.48. The molecule has 36 heavy (non-hydrogen) atoms. The number of carbonyl (C=O) groups is 2. The molecule has 2 aromatic carbocycles. The van der Waals surface area contributed by atoms with Gasteiger partial charge in [-0.2, -0.15) is 11.3 Å². The minimum Gasteiger partial charge on any atom is -0.368 e. The van der Waals surface area contributed by atoms with Crippen molar-refractivity contribution in [3.8, 4) is 11.3 Å². The van der Waals surface area contributed by atoms with Crippen LogP contribution in [0.25, 0.3) is 11.3 Å². The molecule has 5 rings (SSSR count). The molecule has 6 nitrogen and oxygen atoms in total. The number of ketones is 1. The molecule has 0 atom stereocenters. The van der Waals surface area contributed by atoms with E-state index < -0.39 is 0 Å². The monoisotopic (exact) mass is 496 g/mol. The standard InChI is InChI=1S/C29H28N4O2S/c1-21(34)18-22-2-6-24(7-3-22)27-10-12-30-28(31-27)19-23-4-8-26(9-5-23)32-13-15-33(16-14-32)29(35)25-11-17-36-20-25/h2-12,17,20H,13-16,18-19H2,1H3. The second-order valence-corrected chi connectivity index (χ2v) is 9.85. The van der Waals surface area contributed by atoms with E-state index in [-0.39, 0.29) is 11.7 Å². The van der Waals surface area contributed by atoms with E-state index in [0.717, 1.165) is 60.0 Å². The van der Waals surface area contributed by atoms with Crippen molar-refractivity contribution in [2.75, 3.05) is 31.1 Å². The van der Waals surface area contributed by atoms with Crippen molar-refractivity contribution < 1.29 is 9.59 Å². The van der Waals surface area contributed by atoms with Crippen molar-refractivity contribution in [3.63, 3.8) is 0 Å². The smallest absolute Gasteiger partial charge is 0.254 e. The number of benzene rings is 2. The second kappa shape index (κ2) is 10.8. The summed E-state index contributed by atoms with van der Waals surface area (Å²) in [4.78, 5) is 37.4. The third kappa shape index (κ3) is 5.69. The number of hydrogen-bond acceptors (Lipinski definition) is 6. The van der Waals surface area contributed by atoms with Crippen LogP contribution in [0.4, 0.5) is 5.69 Å². The molecule has 1 aliphatic heterocycles. The Kier molecular flexibility index (Phi) is 7.18. The normalized spacial score (nSPS) is 13.6. The average Bonchev–Trinajstić information content (AvgIpc) is 3.44. The Bertz CT molecular complexity index is 1330. The first-order valence-electron chi connectivity index (χ1n) is 12.1. The summed E-state index contributed by atoms with van der Waals surface area (Å²) in [7, 11) is 0. The molecule has 1 aliphatic rings. The third-order valence-electron chi connectivity index (χ3n) is 6.41. The molecule has 1 saturated heterocycles. The Morgan fingerprint density at radius 1 is 0.889 bits per heavy atom. The lowest BCUT2D eigenvalue weighted by atomic mass is 10.1. The van der Waals surface area contributed by atoms with Crippen LogP contribution in [0.5, 0.6) is 0 Å². The van der Waals surface area contributed by atoms with E-state index in [1.54, 1.807) is 24.5 Å². The molecule has 0 bridgehead atoms.